The topological polar surface area (TPSA) is 75.2 Å². The Balaban J connectivity index is 1.61. The summed E-state index contributed by atoms with van der Waals surface area (Å²) in [6.45, 7) is 3.83. The largest absolute Gasteiger partial charge is 0.485 e. The van der Waals surface area contributed by atoms with Crippen molar-refractivity contribution < 1.29 is 14.6 Å². The number of ether oxygens (including phenoxy) is 1. The van der Waals surface area contributed by atoms with Gasteiger partial charge in [-0.15, -0.1) is 5.92 Å². The smallest absolute Gasteiger partial charge is 0.304 e. The van der Waals surface area contributed by atoms with Gasteiger partial charge in [0.2, 0.25) is 0 Å². The SMILES string of the molecule is CC#CC(CC(=O)O)c1ccc(OC(c2cc(C)c3[nH]ncc3c2)C2CCCC2)cc1. The molecule has 1 aromatic heterocycles. The van der Waals surface area contributed by atoms with Crippen molar-refractivity contribution in [2.45, 2.75) is 58.0 Å². The van der Waals surface area contributed by atoms with Gasteiger partial charge in [-0.25, -0.2) is 0 Å². The van der Waals surface area contributed by atoms with E-state index < -0.39 is 5.97 Å². The molecule has 1 heterocycles. The second kappa shape index (κ2) is 9.26. The summed E-state index contributed by atoms with van der Waals surface area (Å²) in [5.74, 6) is 5.96. The van der Waals surface area contributed by atoms with E-state index >= 15 is 0 Å². The molecule has 0 aliphatic heterocycles. The minimum atomic E-state index is -0.848. The lowest BCUT2D eigenvalue weighted by molar-refractivity contribution is -0.137. The van der Waals surface area contributed by atoms with E-state index in [-0.39, 0.29) is 18.4 Å². The second-order valence-electron chi connectivity index (χ2n) is 8.37. The molecule has 3 aromatic rings. The van der Waals surface area contributed by atoms with Gasteiger partial charge < -0.3 is 9.84 Å². The van der Waals surface area contributed by atoms with Crippen LogP contribution in [0.2, 0.25) is 0 Å². The number of aromatic nitrogens is 2. The van der Waals surface area contributed by atoms with E-state index in [4.69, 9.17) is 4.74 Å². The summed E-state index contributed by atoms with van der Waals surface area (Å²) >= 11 is 0. The van der Waals surface area contributed by atoms with Gasteiger partial charge in [0.25, 0.3) is 0 Å². The standard InChI is InChI=1S/C26H28N2O3/c1-3-6-20(15-24(29)30)18-9-11-23(12-10-18)31-26(19-7-4-5-8-19)21-13-17(2)25-22(14-21)16-27-28-25/h9-14,16,19-20,26H,4-5,7-8,15H2,1-2H3,(H,27,28)(H,29,30). The molecule has 0 saturated heterocycles. The molecule has 4 rings (SSSR count). The van der Waals surface area contributed by atoms with E-state index in [1.165, 1.54) is 24.0 Å². The number of hydrogen-bond acceptors (Lipinski definition) is 3. The minimum Gasteiger partial charge on any atom is -0.485 e. The molecule has 5 nitrogen and oxygen atoms in total. The van der Waals surface area contributed by atoms with Gasteiger partial charge in [-0.05, 0) is 61.6 Å². The Labute approximate surface area is 182 Å². The summed E-state index contributed by atoms with van der Waals surface area (Å²) in [6, 6.07) is 12.1. The van der Waals surface area contributed by atoms with Crippen LogP contribution >= 0.6 is 0 Å². The van der Waals surface area contributed by atoms with E-state index in [1.807, 2.05) is 30.5 Å². The zero-order chi connectivity index (χ0) is 21.8. The fraction of sp³-hybridized carbons (Fsp3) is 0.385. The van der Waals surface area contributed by atoms with Crippen molar-refractivity contribution in [1.82, 2.24) is 10.2 Å². The number of carbonyl (C=O) groups is 1. The molecule has 0 spiro atoms. The number of aryl methyl sites for hydroxylation is 1. The second-order valence-corrected chi connectivity index (χ2v) is 8.37. The number of fused-ring (bicyclic) bond motifs is 1. The zero-order valence-electron chi connectivity index (χ0n) is 18.0. The Morgan fingerprint density at radius 2 is 1.97 bits per heavy atom. The molecule has 1 aliphatic rings. The summed E-state index contributed by atoms with van der Waals surface area (Å²) in [5, 5.41) is 17.5. The zero-order valence-corrected chi connectivity index (χ0v) is 18.0. The first-order valence-corrected chi connectivity index (χ1v) is 10.9. The van der Waals surface area contributed by atoms with Crippen LogP contribution in [0.5, 0.6) is 5.75 Å². The number of aromatic amines is 1. The molecule has 1 saturated carbocycles. The van der Waals surface area contributed by atoms with Crippen molar-refractivity contribution in [3.05, 3.63) is 59.3 Å². The highest BCUT2D eigenvalue weighted by Crippen LogP contribution is 2.40. The number of nitrogens with one attached hydrogen (secondary N) is 1. The van der Waals surface area contributed by atoms with Gasteiger partial charge in [-0.2, -0.15) is 5.10 Å². The van der Waals surface area contributed by atoms with E-state index in [0.29, 0.717) is 5.92 Å². The number of aliphatic carboxylic acids is 1. The molecule has 2 N–H and O–H groups in total. The van der Waals surface area contributed by atoms with Crippen LogP contribution in [0, 0.1) is 24.7 Å². The first kappa shape index (κ1) is 21.0. The molecule has 5 heteroatoms. The molecule has 2 aromatic carbocycles. The number of benzene rings is 2. The number of H-pyrrole nitrogens is 1. The lowest BCUT2D eigenvalue weighted by atomic mass is 9.92. The highest BCUT2D eigenvalue weighted by Gasteiger charge is 2.29. The summed E-state index contributed by atoms with van der Waals surface area (Å²) in [5.41, 5.74) is 4.32. The monoisotopic (exact) mass is 416 g/mol. The van der Waals surface area contributed by atoms with Gasteiger partial charge >= 0.3 is 5.97 Å². The average Bonchev–Trinajstić information content (AvgIpc) is 3.44. The molecule has 2 atom stereocenters. The average molecular weight is 417 g/mol. The van der Waals surface area contributed by atoms with E-state index in [1.54, 1.807) is 6.92 Å². The molecule has 160 valence electrons. The van der Waals surface area contributed by atoms with Gasteiger partial charge in [-0.3, -0.25) is 9.89 Å². The molecule has 1 fully saturated rings. The summed E-state index contributed by atoms with van der Waals surface area (Å²) in [6.07, 6.45) is 6.65. The number of nitrogens with zero attached hydrogens (tertiary/aromatic N) is 1. The van der Waals surface area contributed by atoms with Crippen LogP contribution in [0.1, 0.15) is 67.7 Å². The molecule has 0 radical (unpaired) electrons. The maximum absolute atomic E-state index is 11.2. The van der Waals surface area contributed by atoms with Crippen molar-refractivity contribution in [2.24, 2.45) is 5.92 Å². The van der Waals surface area contributed by atoms with Crippen LogP contribution < -0.4 is 4.74 Å². The van der Waals surface area contributed by atoms with E-state index in [2.05, 4.69) is 41.1 Å². The lowest BCUT2D eigenvalue weighted by Gasteiger charge is -2.26. The van der Waals surface area contributed by atoms with Crippen molar-refractivity contribution in [3.63, 3.8) is 0 Å². The summed E-state index contributed by atoms with van der Waals surface area (Å²) in [4.78, 5) is 11.2. The Kier molecular flexibility index (Phi) is 6.27. The predicted octanol–water partition coefficient (Wildman–Crippen LogP) is 5.76. The highest BCUT2D eigenvalue weighted by atomic mass is 16.5. The van der Waals surface area contributed by atoms with Gasteiger partial charge in [0, 0.05) is 11.3 Å². The van der Waals surface area contributed by atoms with Crippen LogP contribution in [0.15, 0.2) is 42.6 Å². The first-order chi connectivity index (χ1) is 15.0. The fourth-order valence-electron chi connectivity index (χ4n) is 4.65. The van der Waals surface area contributed by atoms with Crippen molar-refractivity contribution in [3.8, 4) is 17.6 Å². The molecule has 2 unspecified atom stereocenters. The summed E-state index contributed by atoms with van der Waals surface area (Å²) < 4.78 is 6.56. The van der Waals surface area contributed by atoms with Crippen molar-refractivity contribution in [1.29, 1.82) is 0 Å². The molecule has 31 heavy (non-hydrogen) atoms. The Morgan fingerprint density at radius 1 is 1.23 bits per heavy atom. The third kappa shape index (κ3) is 4.74. The van der Waals surface area contributed by atoms with Gasteiger partial charge in [0.15, 0.2) is 0 Å². The van der Waals surface area contributed by atoms with Crippen molar-refractivity contribution >= 4 is 16.9 Å². The minimum absolute atomic E-state index is 0.00423. The quantitative estimate of drug-likeness (QED) is 0.480. The first-order valence-electron chi connectivity index (χ1n) is 10.9. The molecule has 0 bridgehead atoms. The lowest BCUT2D eigenvalue weighted by Crippen LogP contribution is -2.17. The van der Waals surface area contributed by atoms with Crippen LogP contribution in [-0.4, -0.2) is 21.3 Å². The fourth-order valence-corrected chi connectivity index (χ4v) is 4.65. The van der Waals surface area contributed by atoms with Gasteiger partial charge in [-0.1, -0.05) is 37.0 Å². The Morgan fingerprint density at radius 3 is 2.65 bits per heavy atom. The molecule has 0 amide bonds. The van der Waals surface area contributed by atoms with Crippen LogP contribution in [-0.2, 0) is 4.79 Å². The number of hydrogen-bond donors (Lipinski definition) is 2. The number of rotatable bonds is 7. The van der Waals surface area contributed by atoms with Crippen LogP contribution in [0.4, 0.5) is 0 Å². The van der Waals surface area contributed by atoms with Crippen molar-refractivity contribution in [2.75, 3.05) is 0 Å². The molecular weight excluding hydrogens is 388 g/mol. The highest BCUT2D eigenvalue weighted by molar-refractivity contribution is 5.82. The maximum Gasteiger partial charge on any atom is 0.304 e. The predicted molar refractivity (Wildman–Crippen MR) is 121 cm³/mol. The summed E-state index contributed by atoms with van der Waals surface area (Å²) in [7, 11) is 0. The third-order valence-corrected chi connectivity index (χ3v) is 6.17. The Bertz CT molecular complexity index is 1110. The normalized spacial score (nSPS) is 15.9. The number of carboxylic acid groups (broad SMARTS) is 1. The molecular formula is C26H28N2O3. The van der Waals surface area contributed by atoms with Crippen LogP contribution in [0.3, 0.4) is 0 Å². The Hall–Kier alpha value is -3.26. The van der Waals surface area contributed by atoms with Crippen LogP contribution in [0.25, 0.3) is 10.9 Å². The van der Waals surface area contributed by atoms with E-state index in [9.17, 15) is 9.90 Å². The third-order valence-electron chi connectivity index (χ3n) is 6.17. The van der Waals surface area contributed by atoms with E-state index in [0.717, 1.165) is 35.1 Å². The maximum atomic E-state index is 11.2. The van der Waals surface area contributed by atoms with Gasteiger partial charge in [0.1, 0.15) is 11.9 Å². The molecule has 1 aliphatic carbocycles. The number of carboxylic acids is 1. The van der Waals surface area contributed by atoms with Gasteiger partial charge in [0.05, 0.1) is 24.1 Å².